The van der Waals surface area contributed by atoms with Crippen LogP contribution < -0.4 is 5.32 Å². The largest absolute Gasteiger partial charge is 0.377 e. The van der Waals surface area contributed by atoms with Crippen LogP contribution in [0.2, 0.25) is 0 Å². The summed E-state index contributed by atoms with van der Waals surface area (Å²) in [5, 5.41) is 6.91. The van der Waals surface area contributed by atoms with E-state index >= 15 is 0 Å². The Labute approximate surface area is 58.7 Å². The van der Waals surface area contributed by atoms with Gasteiger partial charge in [-0.05, 0) is 29.9 Å². The molecular weight excluding hydrogens is 130 g/mol. The van der Waals surface area contributed by atoms with Crippen LogP contribution in [0.3, 0.4) is 0 Å². The van der Waals surface area contributed by atoms with Gasteiger partial charge in [-0.15, -0.1) is 11.3 Å². The van der Waals surface area contributed by atoms with E-state index in [1.165, 1.54) is 23.4 Å². The molecule has 1 nitrogen and oxygen atoms in total. The van der Waals surface area contributed by atoms with Crippen molar-refractivity contribution in [2.45, 2.75) is 12.8 Å². The van der Waals surface area contributed by atoms with E-state index in [2.05, 4.69) is 16.8 Å². The van der Waals surface area contributed by atoms with Gasteiger partial charge in [0.2, 0.25) is 0 Å². The van der Waals surface area contributed by atoms with Crippen LogP contribution in [0, 0.1) is 0 Å². The minimum Gasteiger partial charge on any atom is -0.377 e. The highest BCUT2D eigenvalue weighted by molar-refractivity contribution is 7.14. The van der Waals surface area contributed by atoms with Crippen LogP contribution in [0.4, 0.5) is 5.00 Å². The maximum atomic E-state index is 3.36. The summed E-state index contributed by atoms with van der Waals surface area (Å²) >= 11 is 1.81. The average molecular weight is 139 g/mol. The fourth-order valence-electron chi connectivity index (χ4n) is 1.17. The van der Waals surface area contributed by atoms with Gasteiger partial charge in [-0.2, -0.15) is 0 Å². The first-order chi connectivity index (χ1) is 4.47. The van der Waals surface area contributed by atoms with E-state index in [4.69, 9.17) is 0 Å². The minimum atomic E-state index is 1.16. The number of rotatable bonds is 0. The molecular formula is C7H9NS. The number of hydrogen-bond donors (Lipinski definition) is 1. The summed E-state index contributed by atoms with van der Waals surface area (Å²) in [6.45, 7) is 1.16. The molecule has 1 aliphatic heterocycles. The molecule has 0 saturated heterocycles. The van der Waals surface area contributed by atoms with E-state index in [-0.39, 0.29) is 0 Å². The van der Waals surface area contributed by atoms with E-state index < -0.39 is 0 Å². The molecule has 1 aliphatic rings. The number of nitrogens with one attached hydrogen (secondary N) is 1. The SMILES string of the molecule is c1cc2c(s1)NCCC2. The quantitative estimate of drug-likeness (QED) is 0.580. The molecule has 2 heteroatoms. The normalized spacial score (nSPS) is 16.4. The topological polar surface area (TPSA) is 12.0 Å². The summed E-state index contributed by atoms with van der Waals surface area (Å²) in [4.78, 5) is 0. The standard InChI is InChI=1S/C7H9NS/c1-2-6-3-5-9-7(6)8-4-1/h3,5,8H,1-2,4H2. The van der Waals surface area contributed by atoms with Gasteiger partial charge in [-0.25, -0.2) is 0 Å². The summed E-state index contributed by atoms with van der Waals surface area (Å²) in [7, 11) is 0. The van der Waals surface area contributed by atoms with Crippen LogP contribution in [-0.2, 0) is 6.42 Å². The Balaban J connectivity index is 2.39. The first kappa shape index (κ1) is 5.30. The van der Waals surface area contributed by atoms with Gasteiger partial charge in [0.15, 0.2) is 0 Å². The Morgan fingerprint density at radius 2 is 2.56 bits per heavy atom. The fraction of sp³-hybridized carbons (Fsp3) is 0.429. The van der Waals surface area contributed by atoms with Gasteiger partial charge in [-0.1, -0.05) is 0 Å². The average Bonchev–Trinajstić information content (AvgIpc) is 2.33. The smallest absolute Gasteiger partial charge is 0.0915 e. The monoisotopic (exact) mass is 139 g/mol. The van der Waals surface area contributed by atoms with Gasteiger partial charge >= 0.3 is 0 Å². The van der Waals surface area contributed by atoms with E-state index in [0.717, 1.165) is 6.54 Å². The summed E-state index contributed by atoms with van der Waals surface area (Å²) < 4.78 is 0. The number of thiophene rings is 1. The molecule has 0 fully saturated rings. The van der Waals surface area contributed by atoms with Crippen molar-refractivity contribution in [3.63, 3.8) is 0 Å². The molecule has 0 amide bonds. The minimum absolute atomic E-state index is 1.16. The molecule has 2 rings (SSSR count). The van der Waals surface area contributed by atoms with Gasteiger partial charge in [-0.3, -0.25) is 0 Å². The van der Waals surface area contributed by atoms with E-state index in [0.29, 0.717) is 0 Å². The highest BCUT2D eigenvalue weighted by Crippen LogP contribution is 2.26. The molecule has 0 spiro atoms. The Kier molecular flexibility index (Phi) is 1.19. The molecule has 9 heavy (non-hydrogen) atoms. The van der Waals surface area contributed by atoms with Gasteiger partial charge in [0.1, 0.15) is 0 Å². The molecule has 2 heterocycles. The van der Waals surface area contributed by atoms with Gasteiger partial charge in [0, 0.05) is 6.54 Å². The highest BCUT2D eigenvalue weighted by atomic mass is 32.1. The lowest BCUT2D eigenvalue weighted by molar-refractivity contribution is 0.838. The zero-order valence-corrected chi connectivity index (χ0v) is 6.00. The maximum Gasteiger partial charge on any atom is 0.0915 e. The van der Waals surface area contributed by atoms with Crippen molar-refractivity contribution in [1.82, 2.24) is 0 Å². The number of aryl methyl sites for hydroxylation is 1. The zero-order chi connectivity index (χ0) is 6.10. The fourth-order valence-corrected chi connectivity index (χ4v) is 2.04. The van der Waals surface area contributed by atoms with Crippen molar-refractivity contribution in [2.24, 2.45) is 0 Å². The number of anilines is 1. The van der Waals surface area contributed by atoms with Crippen LogP contribution in [0.15, 0.2) is 11.4 Å². The maximum absolute atomic E-state index is 3.36. The number of fused-ring (bicyclic) bond motifs is 1. The molecule has 0 bridgehead atoms. The predicted octanol–water partition coefficient (Wildman–Crippen LogP) is 2.11. The molecule has 1 N–H and O–H groups in total. The lowest BCUT2D eigenvalue weighted by Gasteiger charge is -2.11. The first-order valence-corrected chi connectivity index (χ1v) is 4.15. The van der Waals surface area contributed by atoms with Gasteiger partial charge < -0.3 is 5.32 Å². The molecule has 1 aromatic rings. The molecule has 0 saturated carbocycles. The zero-order valence-electron chi connectivity index (χ0n) is 5.18. The van der Waals surface area contributed by atoms with Crippen molar-refractivity contribution < 1.29 is 0 Å². The third-order valence-electron chi connectivity index (χ3n) is 1.66. The molecule has 1 aromatic heterocycles. The van der Waals surface area contributed by atoms with Crippen molar-refractivity contribution in [3.8, 4) is 0 Å². The molecule has 0 unspecified atom stereocenters. The third-order valence-corrected chi connectivity index (χ3v) is 2.57. The van der Waals surface area contributed by atoms with Crippen LogP contribution in [0.5, 0.6) is 0 Å². The summed E-state index contributed by atoms with van der Waals surface area (Å²) in [5.41, 5.74) is 1.51. The van der Waals surface area contributed by atoms with Crippen LogP contribution in [-0.4, -0.2) is 6.54 Å². The van der Waals surface area contributed by atoms with Crippen LogP contribution in [0.1, 0.15) is 12.0 Å². The predicted molar refractivity (Wildman–Crippen MR) is 41.1 cm³/mol. The first-order valence-electron chi connectivity index (χ1n) is 3.27. The van der Waals surface area contributed by atoms with Crippen molar-refractivity contribution >= 4 is 16.3 Å². The van der Waals surface area contributed by atoms with Crippen molar-refractivity contribution in [2.75, 3.05) is 11.9 Å². The highest BCUT2D eigenvalue weighted by Gasteiger charge is 2.07. The van der Waals surface area contributed by atoms with Gasteiger partial charge in [0.25, 0.3) is 0 Å². The lowest BCUT2D eigenvalue weighted by Crippen LogP contribution is -2.08. The molecule has 48 valence electrons. The molecule has 0 aromatic carbocycles. The Morgan fingerprint density at radius 3 is 3.44 bits per heavy atom. The van der Waals surface area contributed by atoms with Crippen molar-refractivity contribution in [1.29, 1.82) is 0 Å². The Bertz CT molecular complexity index is 184. The lowest BCUT2D eigenvalue weighted by atomic mass is 10.1. The number of hydrogen-bond acceptors (Lipinski definition) is 2. The van der Waals surface area contributed by atoms with Gasteiger partial charge in [0.05, 0.1) is 5.00 Å². The van der Waals surface area contributed by atoms with E-state index in [1.54, 1.807) is 0 Å². The Morgan fingerprint density at radius 1 is 1.56 bits per heavy atom. The van der Waals surface area contributed by atoms with Crippen LogP contribution >= 0.6 is 11.3 Å². The molecule has 0 radical (unpaired) electrons. The second-order valence-electron chi connectivity index (χ2n) is 2.31. The summed E-state index contributed by atoms with van der Waals surface area (Å²) in [5.74, 6) is 0. The van der Waals surface area contributed by atoms with Crippen LogP contribution in [0.25, 0.3) is 0 Å². The third kappa shape index (κ3) is 0.833. The Hall–Kier alpha value is -0.500. The second-order valence-corrected chi connectivity index (χ2v) is 3.22. The summed E-state index contributed by atoms with van der Waals surface area (Å²) in [6, 6.07) is 2.21. The summed E-state index contributed by atoms with van der Waals surface area (Å²) in [6.07, 6.45) is 2.57. The molecule has 0 aliphatic carbocycles. The van der Waals surface area contributed by atoms with Crippen molar-refractivity contribution in [3.05, 3.63) is 17.0 Å². The van der Waals surface area contributed by atoms with E-state index in [1.807, 2.05) is 11.3 Å². The molecule has 0 atom stereocenters. The second kappa shape index (κ2) is 2.03. The van der Waals surface area contributed by atoms with E-state index in [9.17, 15) is 0 Å².